The van der Waals surface area contributed by atoms with E-state index in [-0.39, 0.29) is 11.8 Å². The van der Waals surface area contributed by atoms with Gasteiger partial charge in [-0.25, -0.2) is 0 Å². The minimum absolute atomic E-state index is 0.132. The van der Waals surface area contributed by atoms with Gasteiger partial charge in [-0.15, -0.1) is 0 Å². The molecule has 1 amide bonds. The van der Waals surface area contributed by atoms with Crippen LogP contribution in [0.3, 0.4) is 0 Å². The van der Waals surface area contributed by atoms with E-state index in [0.29, 0.717) is 12.6 Å². The summed E-state index contributed by atoms with van der Waals surface area (Å²) < 4.78 is 10.2. The summed E-state index contributed by atoms with van der Waals surface area (Å²) in [7, 11) is 0. The highest BCUT2D eigenvalue weighted by molar-refractivity contribution is 5.78. The van der Waals surface area contributed by atoms with Gasteiger partial charge in [0.1, 0.15) is 12.0 Å². The smallest absolute Gasteiger partial charge is 0.223 e. The van der Waals surface area contributed by atoms with Crippen LogP contribution in [0.15, 0.2) is 16.9 Å². The summed E-state index contributed by atoms with van der Waals surface area (Å²) in [6, 6.07) is 2.42. The molecule has 3 heterocycles. The van der Waals surface area contributed by atoms with E-state index in [9.17, 15) is 4.79 Å². The molecule has 2 aliphatic rings. The van der Waals surface area contributed by atoms with Gasteiger partial charge in [-0.3, -0.25) is 4.79 Å². The van der Waals surface area contributed by atoms with Crippen molar-refractivity contribution in [3.8, 4) is 0 Å². The van der Waals surface area contributed by atoms with Gasteiger partial charge in [0.25, 0.3) is 0 Å². The molecule has 21 heavy (non-hydrogen) atoms. The minimum Gasteiger partial charge on any atom is -0.381 e. The lowest BCUT2D eigenvalue weighted by atomic mass is 9.93. The molecule has 0 unspecified atom stereocenters. The first-order valence-electron chi connectivity index (χ1n) is 7.81. The molecule has 0 radical (unpaired) electrons. The number of ether oxygens (including phenoxy) is 1. The maximum atomic E-state index is 12.2. The summed E-state index contributed by atoms with van der Waals surface area (Å²) in [6.45, 7) is 4.25. The number of piperidine rings is 1. The number of carbonyl (C=O) groups is 1. The SMILES string of the molecule is O=C(NCc1ccon1)C1CCN(C2CCOCC2)CC1. The zero-order valence-electron chi connectivity index (χ0n) is 12.3. The summed E-state index contributed by atoms with van der Waals surface area (Å²) in [5, 5.41) is 6.75. The van der Waals surface area contributed by atoms with Crippen LogP contribution in [0.2, 0.25) is 0 Å². The number of hydrogen-bond acceptors (Lipinski definition) is 5. The van der Waals surface area contributed by atoms with Crippen molar-refractivity contribution in [3.63, 3.8) is 0 Å². The van der Waals surface area contributed by atoms with Crippen LogP contribution < -0.4 is 5.32 Å². The molecule has 116 valence electrons. The van der Waals surface area contributed by atoms with Gasteiger partial charge in [0, 0.05) is 31.2 Å². The normalized spacial score (nSPS) is 22.3. The van der Waals surface area contributed by atoms with Crippen molar-refractivity contribution in [2.45, 2.75) is 38.3 Å². The van der Waals surface area contributed by atoms with Gasteiger partial charge in [0.15, 0.2) is 0 Å². The van der Waals surface area contributed by atoms with Gasteiger partial charge in [0.2, 0.25) is 5.91 Å². The first-order chi connectivity index (χ1) is 10.3. The molecule has 6 heteroatoms. The quantitative estimate of drug-likeness (QED) is 0.903. The van der Waals surface area contributed by atoms with Crippen LogP contribution in [0.25, 0.3) is 0 Å². The Morgan fingerprint density at radius 3 is 2.71 bits per heavy atom. The molecule has 6 nitrogen and oxygen atoms in total. The van der Waals surface area contributed by atoms with E-state index in [1.165, 1.54) is 6.26 Å². The molecule has 0 saturated carbocycles. The van der Waals surface area contributed by atoms with Gasteiger partial charge < -0.3 is 19.5 Å². The Morgan fingerprint density at radius 1 is 1.29 bits per heavy atom. The molecule has 1 aromatic heterocycles. The first kappa shape index (κ1) is 14.5. The zero-order valence-corrected chi connectivity index (χ0v) is 12.3. The Morgan fingerprint density at radius 2 is 2.05 bits per heavy atom. The Kier molecular flexibility index (Phi) is 4.87. The van der Waals surface area contributed by atoms with E-state index in [1.807, 2.05) is 0 Å². The fraction of sp³-hybridized carbons (Fsp3) is 0.733. The fourth-order valence-electron chi connectivity index (χ4n) is 3.23. The molecule has 1 N–H and O–H groups in total. The van der Waals surface area contributed by atoms with Crippen LogP contribution in [0.5, 0.6) is 0 Å². The standard InChI is InChI=1S/C15H23N3O3/c19-15(16-11-13-3-10-21-17-13)12-1-6-18(7-2-12)14-4-8-20-9-5-14/h3,10,12,14H,1-2,4-9,11H2,(H,16,19). The lowest BCUT2D eigenvalue weighted by Gasteiger charge is -2.38. The third kappa shape index (κ3) is 3.83. The van der Waals surface area contributed by atoms with Gasteiger partial charge >= 0.3 is 0 Å². The second kappa shape index (κ2) is 7.04. The number of nitrogens with one attached hydrogen (secondary N) is 1. The Hall–Kier alpha value is -1.40. The molecule has 2 saturated heterocycles. The molecule has 0 bridgehead atoms. The Bertz CT molecular complexity index is 435. The summed E-state index contributed by atoms with van der Waals surface area (Å²) >= 11 is 0. The summed E-state index contributed by atoms with van der Waals surface area (Å²) in [6.07, 6.45) is 5.67. The number of carbonyl (C=O) groups excluding carboxylic acids is 1. The van der Waals surface area contributed by atoms with E-state index >= 15 is 0 Å². The molecular formula is C15H23N3O3. The summed E-state index contributed by atoms with van der Waals surface area (Å²) in [5.74, 6) is 0.276. The van der Waals surface area contributed by atoms with Crippen LogP contribution in [-0.4, -0.2) is 48.3 Å². The highest BCUT2D eigenvalue weighted by atomic mass is 16.5. The highest BCUT2D eigenvalue weighted by Crippen LogP contribution is 2.23. The first-order valence-corrected chi connectivity index (χ1v) is 7.81. The average molecular weight is 293 g/mol. The molecule has 1 aromatic rings. The molecule has 3 rings (SSSR count). The van der Waals surface area contributed by atoms with Gasteiger partial charge in [0.05, 0.1) is 6.54 Å². The Balaban J connectivity index is 1.41. The lowest BCUT2D eigenvalue weighted by Crippen LogP contribution is -2.46. The second-order valence-corrected chi connectivity index (χ2v) is 5.86. The van der Waals surface area contributed by atoms with Crippen molar-refractivity contribution in [2.75, 3.05) is 26.3 Å². The minimum atomic E-state index is 0.132. The van der Waals surface area contributed by atoms with E-state index in [4.69, 9.17) is 9.26 Å². The van der Waals surface area contributed by atoms with Crippen molar-refractivity contribution in [3.05, 3.63) is 18.0 Å². The molecule has 2 aliphatic heterocycles. The molecule has 0 atom stereocenters. The third-order valence-electron chi connectivity index (χ3n) is 4.54. The van der Waals surface area contributed by atoms with Gasteiger partial charge in [-0.2, -0.15) is 0 Å². The van der Waals surface area contributed by atoms with Crippen molar-refractivity contribution in [1.82, 2.24) is 15.4 Å². The topological polar surface area (TPSA) is 67.6 Å². The predicted octanol–water partition coefficient (Wildman–Crippen LogP) is 1.18. The number of likely N-dealkylation sites (tertiary alicyclic amines) is 1. The number of nitrogens with zero attached hydrogens (tertiary/aromatic N) is 2. The summed E-state index contributed by atoms with van der Waals surface area (Å²) in [4.78, 5) is 14.7. The Labute approximate surface area is 124 Å². The van der Waals surface area contributed by atoms with E-state index < -0.39 is 0 Å². The highest BCUT2D eigenvalue weighted by Gasteiger charge is 2.29. The van der Waals surface area contributed by atoms with Crippen LogP contribution >= 0.6 is 0 Å². The summed E-state index contributed by atoms with van der Waals surface area (Å²) in [5.41, 5.74) is 0.767. The average Bonchev–Trinajstić information content (AvgIpc) is 3.07. The maximum Gasteiger partial charge on any atom is 0.223 e. The van der Waals surface area contributed by atoms with Crippen molar-refractivity contribution in [2.24, 2.45) is 5.92 Å². The van der Waals surface area contributed by atoms with Crippen molar-refractivity contribution >= 4 is 5.91 Å². The van der Waals surface area contributed by atoms with Crippen LogP contribution in [-0.2, 0) is 16.1 Å². The van der Waals surface area contributed by atoms with Crippen molar-refractivity contribution in [1.29, 1.82) is 0 Å². The number of hydrogen-bond donors (Lipinski definition) is 1. The lowest BCUT2D eigenvalue weighted by molar-refractivity contribution is -0.127. The molecule has 2 fully saturated rings. The monoisotopic (exact) mass is 293 g/mol. The number of rotatable bonds is 4. The zero-order chi connectivity index (χ0) is 14.5. The molecule has 0 aliphatic carbocycles. The van der Waals surface area contributed by atoms with Gasteiger partial charge in [-0.05, 0) is 38.8 Å². The largest absolute Gasteiger partial charge is 0.381 e. The van der Waals surface area contributed by atoms with E-state index in [1.54, 1.807) is 6.07 Å². The number of aromatic nitrogens is 1. The fourth-order valence-corrected chi connectivity index (χ4v) is 3.23. The van der Waals surface area contributed by atoms with Crippen molar-refractivity contribution < 1.29 is 14.1 Å². The third-order valence-corrected chi connectivity index (χ3v) is 4.54. The van der Waals surface area contributed by atoms with Gasteiger partial charge in [-0.1, -0.05) is 5.16 Å². The molecule has 0 aromatic carbocycles. The van der Waals surface area contributed by atoms with Crippen LogP contribution in [0, 0.1) is 5.92 Å². The predicted molar refractivity (Wildman–Crippen MR) is 76.5 cm³/mol. The molecule has 0 spiro atoms. The number of amides is 1. The van der Waals surface area contributed by atoms with E-state index in [2.05, 4.69) is 15.4 Å². The second-order valence-electron chi connectivity index (χ2n) is 5.86. The maximum absolute atomic E-state index is 12.2. The van der Waals surface area contributed by atoms with Crippen LogP contribution in [0.1, 0.15) is 31.4 Å². The van der Waals surface area contributed by atoms with E-state index in [0.717, 1.165) is 57.7 Å². The van der Waals surface area contributed by atoms with Crippen LogP contribution in [0.4, 0.5) is 0 Å². The molecular weight excluding hydrogens is 270 g/mol.